The number of nitrogens with zero attached hydrogens (tertiary/aromatic N) is 1. The highest BCUT2D eigenvalue weighted by Crippen LogP contribution is 2.39. The zero-order valence-corrected chi connectivity index (χ0v) is 19.9. The van der Waals surface area contributed by atoms with Crippen LogP contribution in [0, 0.1) is 18.7 Å². The molecule has 0 aliphatic heterocycles. The average molecular weight is 473 g/mol. The number of fused-ring (bicyclic) bond motifs is 1. The Kier molecular flexibility index (Phi) is 6.41. The van der Waals surface area contributed by atoms with Gasteiger partial charge in [0.2, 0.25) is 0 Å². The lowest BCUT2D eigenvalue weighted by Crippen LogP contribution is -2.31. The first-order chi connectivity index (χ1) is 17.0. The van der Waals surface area contributed by atoms with Crippen molar-refractivity contribution in [2.24, 2.45) is 5.92 Å². The van der Waals surface area contributed by atoms with Crippen LogP contribution in [-0.4, -0.2) is 16.8 Å². The number of hydrogen-bond donors (Lipinski definition) is 2. The fourth-order valence-corrected chi connectivity index (χ4v) is 4.88. The maximum absolute atomic E-state index is 14.0. The second-order valence-corrected chi connectivity index (χ2v) is 9.24. The monoisotopic (exact) mass is 472 g/mol. The Morgan fingerprint density at radius 2 is 1.80 bits per heavy atom. The van der Waals surface area contributed by atoms with Gasteiger partial charge in [-0.15, -0.1) is 0 Å². The Balaban J connectivity index is 1.62. The van der Waals surface area contributed by atoms with Crippen molar-refractivity contribution in [1.82, 2.24) is 9.88 Å². The van der Waals surface area contributed by atoms with E-state index < -0.39 is 6.23 Å². The van der Waals surface area contributed by atoms with E-state index >= 15 is 0 Å². The molecule has 0 radical (unpaired) electrons. The number of aliphatic hydroxyl groups is 1. The quantitative estimate of drug-likeness (QED) is 0.329. The van der Waals surface area contributed by atoms with Crippen LogP contribution in [0.15, 0.2) is 77.6 Å². The molecule has 1 saturated carbocycles. The summed E-state index contributed by atoms with van der Waals surface area (Å²) in [5.74, 6) is 0.900. The highest BCUT2D eigenvalue weighted by Gasteiger charge is 2.29. The molecule has 1 aliphatic rings. The van der Waals surface area contributed by atoms with Crippen molar-refractivity contribution in [1.29, 1.82) is 0 Å². The van der Waals surface area contributed by atoms with E-state index in [9.17, 15) is 14.3 Å². The maximum Gasteiger partial charge on any atom is 0.263 e. The van der Waals surface area contributed by atoms with Gasteiger partial charge in [0.05, 0.1) is 12.8 Å². The molecule has 1 unspecified atom stereocenters. The molecule has 2 atom stereocenters. The SMILES string of the molecule is COc1cccc(-n2c(C)c(C(O)N[C@@H](CC3CC3)c3cccc(F)c3)c3ccccc3c2=O)c1. The van der Waals surface area contributed by atoms with Gasteiger partial charge in [-0.1, -0.05) is 49.2 Å². The molecular formula is C29H29FN2O3. The average Bonchev–Trinajstić information content (AvgIpc) is 3.68. The van der Waals surface area contributed by atoms with Crippen LogP contribution >= 0.6 is 0 Å². The van der Waals surface area contributed by atoms with Crippen molar-refractivity contribution in [2.75, 3.05) is 7.11 Å². The second kappa shape index (κ2) is 9.64. The molecule has 4 aromatic rings. The van der Waals surface area contributed by atoms with Crippen molar-refractivity contribution in [2.45, 2.75) is 38.5 Å². The molecule has 0 amide bonds. The van der Waals surface area contributed by atoms with Gasteiger partial charge in [0.25, 0.3) is 5.56 Å². The molecule has 5 rings (SSSR count). The highest BCUT2D eigenvalue weighted by atomic mass is 19.1. The second-order valence-electron chi connectivity index (χ2n) is 9.24. The zero-order chi connectivity index (χ0) is 24.5. The van der Waals surface area contributed by atoms with Gasteiger partial charge in [-0.3, -0.25) is 14.7 Å². The lowest BCUT2D eigenvalue weighted by atomic mass is 9.98. The van der Waals surface area contributed by atoms with Gasteiger partial charge in [0.15, 0.2) is 0 Å². The fourth-order valence-electron chi connectivity index (χ4n) is 4.88. The summed E-state index contributed by atoms with van der Waals surface area (Å²) in [6, 6.07) is 20.9. The summed E-state index contributed by atoms with van der Waals surface area (Å²) < 4.78 is 21.0. The Bertz CT molecular complexity index is 1430. The third-order valence-electron chi connectivity index (χ3n) is 6.84. The normalized spacial score (nSPS) is 15.2. The van der Waals surface area contributed by atoms with E-state index in [1.165, 1.54) is 12.1 Å². The summed E-state index contributed by atoms with van der Waals surface area (Å²) >= 11 is 0. The Labute approximate surface area is 203 Å². The predicted octanol–water partition coefficient (Wildman–Crippen LogP) is 5.57. The molecule has 1 aromatic heterocycles. The minimum Gasteiger partial charge on any atom is -0.497 e. The van der Waals surface area contributed by atoms with Gasteiger partial charge >= 0.3 is 0 Å². The van der Waals surface area contributed by atoms with Crippen LogP contribution in [0.1, 0.15) is 48.4 Å². The number of halogens is 1. The summed E-state index contributed by atoms with van der Waals surface area (Å²) in [5, 5.41) is 16.1. The van der Waals surface area contributed by atoms with Crippen molar-refractivity contribution in [3.05, 3.63) is 106 Å². The molecule has 6 heteroatoms. The van der Waals surface area contributed by atoms with Crippen LogP contribution in [0.2, 0.25) is 0 Å². The Morgan fingerprint density at radius 1 is 1.06 bits per heavy atom. The summed E-state index contributed by atoms with van der Waals surface area (Å²) in [7, 11) is 1.58. The highest BCUT2D eigenvalue weighted by molar-refractivity contribution is 5.86. The van der Waals surface area contributed by atoms with E-state index in [4.69, 9.17) is 4.74 Å². The number of pyridine rings is 1. The fraction of sp³-hybridized carbons (Fsp3) is 0.276. The summed E-state index contributed by atoms with van der Waals surface area (Å²) in [6.45, 7) is 1.84. The first-order valence-electron chi connectivity index (χ1n) is 11.9. The number of rotatable bonds is 8. The molecule has 35 heavy (non-hydrogen) atoms. The van der Waals surface area contributed by atoms with E-state index in [1.54, 1.807) is 29.9 Å². The third kappa shape index (κ3) is 4.72. The topological polar surface area (TPSA) is 63.5 Å². The van der Waals surface area contributed by atoms with Crippen molar-refractivity contribution in [3.63, 3.8) is 0 Å². The van der Waals surface area contributed by atoms with Gasteiger partial charge in [-0.05, 0) is 60.5 Å². The van der Waals surface area contributed by atoms with Crippen LogP contribution in [0.5, 0.6) is 5.75 Å². The molecule has 180 valence electrons. The Morgan fingerprint density at radius 3 is 2.51 bits per heavy atom. The van der Waals surface area contributed by atoms with Crippen LogP contribution in [0.4, 0.5) is 4.39 Å². The van der Waals surface area contributed by atoms with Crippen LogP contribution in [-0.2, 0) is 0 Å². The molecule has 1 fully saturated rings. The number of aliphatic hydroxyl groups excluding tert-OH is 1. The van der Waals surface area contributed by atoms with E-state index in [0.717, 1.165) is 24.8 Å². The summed E-state index contributed by atoms with van der Waals surface area (Å²) in [4.78, 5) is 13.5. The van der Waals surface area contributed by atoms with E-state index in [-0.39, 0.29) is 17.4 Å². The molecule has 1 aliphatic carbocycles. The lowest BCUT2D eigenvalue weighted by molar-refractivity contribution is 0.120. The predicted molar refractivity (Wildman–Crippen MR) is 135 cm³/mol. The number of benzene rings is 3. The molecule has 0 saturated heterocycles. The largest absolute Gasteiger partial charge is 0.497 e. The third-order valence-corrected chi connectivity index (χ3v) is 6.84. The van der Waals surface area contributed by atoms with Crippen LogP contribution in [0.25, 0.3) is 16.5 Å². The van der Waals surface area contributed by atoms with Crippen molar-refractivity contribution >= 4 is 10.8 Å². The molecule has 1 heterocycles. The molecule has 5 nitrogen and oxygen atoms in total. The van der Waals surface area contributed by atoms with Gasteiger partial charge in [-0.25, -0.2) is 4.39 Å². The first kappa shape index (κ1) is 23.3. The Hall–Kier alpha value is -3.48. The number of methoxy groups -OCH3 is 1. The number of hydrogen-bond acceptors (Lipinski definition) is 4. The molecule has 3 aromatic carbocycles. The van der Waals surface area contributed by atoms with Gasteiger partial charge in [0.1, 0.15) is 17.8 Å². The van der Waals surface area contributed by atoms with Crippen LogP contribution < -0.4 is 15.6 Å². The zero-order valence-electron chi connectivity index (χ0n) is 19.9. The first-order valence-corrected chi connectivity index (χ1v) is 11.9. The van der Waals surface area contributed by atoms with Gasteiger partial charge in [-0.2, -0.15) is 0 Å². The summed E-state index contributed by atoms with van der Waals surface area (Å²) in [6.07, 6.45) is 2.04. The molecular weight excluding hydrogens is 443 g/mol. The number of nitrogens with one attached hydrogen (secondary N) is 1. The van der Waals surface area contributed by atoms with Crippen LogP contribution in [0.3, 0.4) is 0 Å². The lowest BCUT2D eigenvalue weighted by Gasteiger charge is -2.26. The standard InChI is InChI=1S/C29H29FN2O3/c1-18-27(28(33)31-26(15-19-13-14-19)20-7-5-8-21(30)16-20)24-11-3-4-12-25(24)29(34)32(18)22-9-6-10-23(17-22)35-2/h3-12,16-17,19,26,28,31,33H,13-15H2,1-2H3/t26-,28?/m0/s1. The van der Waals surface area contributed by atoms with Crippen molar-refractivity contribution in [3.8, 4) is 11.4 Å². The summed E-state index contributed by atoms with van der Waals surface area (Å²) in [5.41, 5.74) is 2.55. The maximum atomic E-state index is 14.0. The van der Waals surface area contributed by atoms with E-state index in [0.29, 0.717) is 39.4 Å². The minimum atomic E-state index is -1.07. The van der Waals surface area contributed by atoms with E-state index in [2.05, 4.69) is 5.32 Å². The number of aromatic nitrogens is 1. The van der Waals surface area contributed by atoms with Crippen molar-refractivity contribution < 1.29 is 14.2 Å². The van der Waals surface area contributed by atoms with Gasteiger partial charge < -0.3 is 9.84 Å². The van der Waals surface area contributed by atoms with E-state index in [1.807, 2.05) is 49.4 Å². The van der Waals surface area contributed by atoms with Gasteiger partial charge in [0, 0.05) is 28.8 Å². The smallest absolute Gasteiger partial charge is 0.263 e. The molecule has 0 spiro atoms. The number of ether oxygens (including phenoxy) is 1. The molecule has 2 N–H and O–H groups in total. The molecule has 0 bridgehead atoms. The minimum absolute atomic E-state index is 0.165.